The molecule has 1 aromatic heterocycles. The molecule has 0 fully saturated rings. The van der Waals surface area contributed by atoms with Gasteiger partial charge in [-0.3, -0.25) is 5.10 Å². The number of rotatable bonds is 0. The minimum absolute atomic E-state index is 0.236. The van der Waals surface area contributed by atoms with E-state index in [2.05, 4.69) is 26.1 Å². The molecule has 2 aromatic rings. The second kappa shape index (κ2) is 3.35. The topological polar surface area (TPSA) is 28.7 Å². The van der Waals surface area contributed by atoms with Crippen LogP contribution < -0.4 is 0 Å². The van der Waals surface area contributed by atoms with Crippen LogP contribution in [0.5, 0.6) is 0 Å². The van der Waals surface area contributed by atoms with E-state index in [-0.39, 0.29) is 12.0 Å². The molecule has 1 aromatic carbocycles. The zero-order chi connectivity index (χ0) is 12.2. The van der Waals surface area contributed by atoms with Crippen LogP contribution in [0.2, 0.25) is 0 Å². The van der Waals surface area contributed by atoms with E-state index in [1.54, 1.807) is 12.1 Å². The molecule has 0 aliphatic heterocycles. The van der Waals surface area contributed by atoms with Crippen LogP contribution in [0.3, 0.4) is 0 Å². The zero-order valence-electron chi connectivity index (χ0n) is 8.40. The lowest BCUT2D eigenvalue weighted by molar-refractivity contribution is -0.141. The quantitative estimate of drug-likeness (QED) is 0.673. The van der Waals surface area contributed by atoms with E-state index in [9.17, 15) is 13.2 Å². The summed E-state index contributed by atoms with van der Waals surface area (Å²) in [6.45, 7) is 0. The molecule has 88 valence electrons. The van der Waals surface area contributed by atoms with E-state index in [1.165, 1.54) is 0 Å². The summed E-state index contributed by atoms with van der Waals surface area (Å²) in [7, 11) is 0. The first kappa shape index (κ1) is 10.8. The molecule has 0 bridgehead atoms. The molecule has 0 spiro atoms. The number of hydrogen-bond donors (Lipinski definition) is 1. The summed E-state index contributed by atoms with van der Waals surface area (Å²) in [5.41, 5.74) is 1.54. The molecule has 2 nitrogen and oxygen atoms in total. The van der Waals surface area contributed by atoms with Gasteiger partial charge in [0, 0.05) is 22.0 Å². The van der Waals surface area contributed by atoms with Crippen molar-refractivity contribution >= 4 is 15.9 Å². The summed E-state index contributed by atoms with van der Waals surface area (Å²) in [5.74, 6) is 0. The van der Waals surface area contributed by atoms with Crippen molar-refractivity contribution in [2.24, 2.45) is 0 Å². The number of nitrogens with zero attached hydrogens (tertiary/aromatic N) is 1. The van der Waals surface area contributed by atoms with Gasteiger partial charge in [-0.15, -0.1) is 0 Å². The molecule has 17 heavy (non-hydrogen) atoms. The Labute approximate surface area is 103 Å². The predicted octanol–water partition coefficient (Wildman–Crippen LogP) is 3.76. The zero-order valence-corrected chi connectivity index (χ0v) is 9.98. The summed E-state index contributed by atoms with van der Waals surface area (Å²) >= 11 is 3.35. The molecule has 0 saturated heterocycles. The van der Waals surface area contributed by atoms with Gasteiger partial charge in [-0.2, -0.15) is 18.3 Å². The Morgan fingerprint density at radius 2 is 2.00 bits per heavy atom. The van der Waals surface area contributed by atoms with E-state index in [0.717, 1.165) is 15.6 Å². The van der Waals surface area contributed by atoms with Gasteiger partial charge in [0.25, 0.3) is 0 Å². The van der Waals surface area contributed by atoms with Gasteiger partial charge in [-0.1, -0.05) is 28.1 Å². The average Bonchev–Trinajstić information content (AvgIpc) is 2.75. The number of alkyl halides is 3. The van der Waals surface area contributed by atoms with E-state index >= 15 is 0 Å². The Hall–Kier alpha value is -1.30. The summed E-state index contributed by atoms with van der Waals surface area (Å²) in [6.07, 6.45) is -4.12. The van der Waals surface area contributed by atoms with E-state index in [0.29, 0.717) is 5.69 Å². The van der Waals surface area contributed by atoms with Crippen molar-refractivity contribution in [3.63, 3.8) is 0 Å². The van der Waals surface area contributed by atoms with Gasteiger partial charge >= 0.3 is 6.18 Å². The SMILES string of the molecule is FC(F)(F)c1[nH]nc2c1Cc1c(Br)cccc1-2. The van der Waals surface area contributed by atoms with Crippen LogP contribution in [0.1, 0.15) is 16.8 Å². The van der Waals surface area contributed by atoms with Crippen molar-refractivity contribution in [3.8, 4) is 11.3 Å². The van der Waals surface area contributed by atoms with Crippen LogP contribution in [0.15, 0.2) is 22.7 Å². The van der Waals surface area contributed by atoms with Crippen molar-refractivity contribution in [1.29, 1.82) is 0 Å². The molecule has 0 atom stereocenters. The van der Waals surface area contributed by atoms with Gasteiger partial charge in [-0.05, 0) is 11.6 Å². The molecule has 3 rings (SSSR count). The van der Waals surface area contributed by atoms with E-state index < -0.39 is 11.9 Å². The van der Waals surface area contributed by atoms with Crippen molar-refractivity contribution in [2.45, 2.75) is 12.6 Å². The van der Waals surface area contributed by atoms with E-state index in [4.69, 9.17) is 0 Å². The van der Waals surface area contributed by atoms with Gasteiger partial charge in [0.1, 0.15) is 5.69 Å². The normalized spacial score (nSPS) is 13.6. The van der Waals surface area contributed by atoms with Crippen LogP contribution in [0, 0.1) is 0 Å². The third-order valence-corrected chi connectivity index (χ3v) is 3.62. The molecular formula is C11H6BrF3N2. The second-order valence-corrected chi connectivity index (χ2v) is 4.72. The lowest BCUT2D eigenvalue weighted by atomic mass is 10.1. The minimum Gasteiger partial charge on any atom is -0.273 e. The first-order chi connectivity index (χ1) is 7.98. The highest BCUT2D eigenvalue weighted by Gasteiger charge is 2.39. The maximum atomic E-state index is 12.7. The highest BCUT2D eigenvalue weighted by atomic mass is 79.9. The first-order valence-corrected chi connectivity index (χ1v) is 5.70. The molecule has 6 heteroatoms. The minimum atomic E-state index is -4.38. The average molecular weight is 303 g/mol. The molecule has 0 saturated carbocycles. The maximum Gasteiger partial charge on any atom is 0.433 e. The number of nitrogens with one attached hydrogen (secondary N) is 1. The molecule has 0 amide bonds. The molecule has 1 N–H and O–H groups in total. The Morgan fingerprint density at radius 1 is 1.24 bits per heavy atom. The summed E-state index contributed by atoms with van der Waals surface area (Å²) < 4.78 is 39.0. The Bertz CT molecular complexity index is 601. The molecule has 0 radical (unpaired) electrons. The third-order valence-electron chi connectivity index (χ3n) is 2.88. The molecule has 1 aliphatic rings. The van der Waals surface area contributed by atoms with Crippen molar-refractivity contribution in [1.82, 2.24) is 10.2 Å². The van der Waals surface area contributed by atoms with Crippen molar-refractivity contribution < 1.29 is 13.2 Å². The first-order valence-electron chi connectivity index (χ1n) is 4.90. The highest BCUT2D eigenvalue weighted by Crippen LogP contribution is 2.43. The monoisotopic (exact) mass is 302 g/mol. The van der Waals surface area contributed by atoms with Crippen molar-refractivity contribution in [3.05, 3.63) is 39.5 Å². The van der Waals surface area contributed by atoms with Gasteiger partial charge in [0.15, 0.2) is 0 Å². The molecule has 1 aliphatic carbocycles. The fourth-order valence-corrected chi connectivity index (χ4v) is 2.64. The predicted molar refractivity (Wildman–Crippen MR) is 59.5 cm³/mol. The summed E-state index contributed by atoms with van der Waals surface area (Å²) in [6, 6.07) is 5.40. The van der Waals surface area contributed by atoms with Gasteiger partial charge in [0.2, 0.25) is 0 Å². The largest absolute Gasteiger partial charge is 0.433 e. The second-order valence-electron chi connectivity index (χ2n) is 3.87. The summed E-state index contributed by atoms with van der Waals surface area (Å²) in [5, 5.41) is 5.87. The Balaban J connectivity index is 2.21. The summed E-state index contributed by atoms with van der Waals surface area (Å²) in [4.78, 5) is 0. The fraction of sp³-hybridized carbons (Fsp3) is 0.182. The number of fused-ring (bicyclic) bond motifs is 3. The number of halogens is 4. The number of benzene rings is 1. The van der Waals surface area contributed by atoms with E-state index in [1.807, 2.05) is 6.07 Å². The Kier molecular flexibility index (Phi) is 2.13. The van der Waals surface area contributed by atoms with Crippen LogP contribution in [0.25, 0.3) is 11.3 Å². The number of hydrogen-bond acceptors (Lipinski definition) is 1. The molecular weight excluding hydrogens is 297 g/mol. The van der Waals surface area contributed by atoms with Crippen LogP contribution in [-0.2, 0) is 12.6 Å². The molecule has 1 heterocycles. The number of aromatic nitrogens is 2. The Morgan fingerprint density at radius 3 is 2.71 bits per heavy atom. The molecule has 0 unspecified atom stereocenters. The smallest absolute Gasteiger partial charge is 0.273 e. The van der Waals surface area contributed by atoms with Gasteiger partial charge < -0.3 is 0 Å². The lowest BCUT2D eigenvalue weighted by Gasteiger charge is -2.05. The fourth-order valence-electron chi connectivity index (χ4n) is 2.13. The highest BCUT2D eigenvalue weighted by molar-refractivity contribution is 9.10. The number of H-pyrrole nitrogens is 1. The van der Waals surface area contributed by atoms with Gasteiger partial charge in [0.05, 0.1) is 5.69 Å². The lowest BCUT2D eigenvalue weighted by Crippen LogP contribution is -2.08. The van der Waals surface area contributed by atoms with Crippen LogP contribution in [-0.4, -0.2) is 10.2 Å². The number of aromatic amines is 1. The maximum absolute atomic E-state index is 12.7. The van der Waals surface area contributed by atoms with Crippen molar-refractivity contribution in [2.75, 3.05) is 0 Å². The van der Waals surface area contributed by atoms with Crippen LogP contribution in [0.4, 0.5) is 13.2 Å². The van der Waals surface area contributed by atoms with Gasteiger partial charge in [-0.25, -0.2) is 0 Å². The third kappa shape index (κ3) is 1.50. The van der Waals surface area contributed by atoms with Crippen LogP contribution >= 0.6 is 15.9 Å². The standard InChI is InChI=1S/C11H6BrF3N2/c12-8-3-1-2-5-6(8)4-7-9(5)16-17-10(7)11(13,14)15/h1-3H,4H2,(H,16,17).